The Kier molecular flexibility index (Phi) is 8.30. The number of benzene rings is 2. The molecule has 0 saturated carbocycles. The van der Waals surface area contributed by atoms with Crippen molar-refractivity contribution in [2.45, 2.75) is 32.9 Å². The Morgan fingerprint density at radius 3 is 2.44 bits per heavy atom. The highest BCUT2D eigenvalue weighted by Crippen LogP contribution is 2.29. The number of pyridine rings is 2. The second kappa shape index (κ2) is 12.2. The van der Waals surface area contributed by atoms with Crippen LogP contribution in [0.3, 0.4) is 0 Å². The van der Waals surface area contributed by atoms with Crippen LogP contribution in [0.5, 0.6) is 0 Å². The predicted octanol–water partition coefficient (Wildman–Crippen LogP) is 4.37. The third-order valence-electron chi connectivity index (χ3n) is 7.56. The van der Waals surface area contributed by atoms with Gasteiger partial charge < -0.3 is 25.6 Å². The zero-order valence-corrected chi connectivity index (χ0v) is 23.0. The normalized spacial score (nSPS) is 13.4. The van der Waals surface area contributed by atoms with Gasteiger partial charge in [-0.3, -0.25) is 14.7 Å². The van der Waals surface area contributed by atoms with Crippen molar-refractivity contribution in [3.8, 4) is 11.1 Å². The molecule has 2 aromatic heterocycles. The average Bonchev–Trinajstić information content (AvgIpc) is 3.50. The first-order valence-electron chi connectivity index (χ1n) is 13.8. The van der Waals surface area contributed by atoms with E-state index >= 15 is 0 Å². The van der Waals surface area contributed by atoms with Gasteiger partial charge in [0.05, 0.1) is 12.1 Å². The van der Waals surface area contributed by atoms with Crippen molar-refractivity contribution in [2.75, 3.05) is 36.4 Å². The van der Waals surface area contributed by atoms with Gasteiger partial charge in [0.15, 0.2) is 0 Å². The third kappa shape index (κ3) is 5.92. The minimum Gasteiger partial charge on any atom is -0.477 e. The zero-order chi connectivity index (χ0) is 28.9. The number of amides is 2. The molecule has 4 N–H and O–H groups in total. The summed E-state index contributed by atoms with van der Waals surface area (Å²) in [5.41, 5.74) is 8.82. The third-order valence-corrected chi connectivity index (χ3v) is 7.56. The molecule has 4 aromatic rings. The van der Waals surface area contributed by atoms with E-state index in [1.54, 1.807) is 24.5 Å². The van der Waals surface area contributed by atoms with Gasteiger partial charge in [0, 0.05) is 43.1 Å². The van der Waals surface area contributed by atoms with Crippen molar-refractivity contribution < 1.29 is 14.7 Å². The van der Waals surface area contributed by atoms with E-state index in [9.17, 15) is 19.5 Å². The first-order valence-corrected chi connectivity index (χ1v) is 13.8. The van der Waals surface area contributed by atoms with Crippen LogP contribution in [0.1, 0.15) is 35.7 Å². The number of aromatic carboxylic acids is 1. The van der Waals surface area contributed by atoms with E-state index in [-0.39, 0.29) is 5.56 Å². The number of anilines is 2. The number of nitrogens with zero attached hydrogens (tertiary/aromatic N) is 4. The van der Waals surface area contributed by atoms with Gasteiger partial charge in [-0.15, -0.1) is 0 Å². The molecule has 3 heterocycles. The molecule has 2 amide bonds. The maximum Gasteiger partial charge on any atom is 0.343 e. The number of carboxylic acid groups (broad SMARTS) is 1. The molecular formula is C31H34N6O4. The predicted molar refractivity (Wildman–Crippen MR) is 160 cm³/mol. The number of hydrogen-bond acceptors (Lipinski definition) is 6. The van der Waals surface area contributed by atoms with Gasteiger partial charge in [0.1, 0.15) is 11.4 Å². The van der Waals surface area contributed by atoms with E-state index in [2.05, 4.69) is 15.2 Å². The number of carbonyl (C=O) groups excluding carboxylic acids is 1. The summed E-state index contributed by atoms with van der Waals surface area (Å²) in [6.45, 7) is 6.10. The highest BCUT2D eigenvalue weighted by atomic mass is 16.4. The molecule has 0 spiro atoms. The van der Waals surface area contributed by atoms with Gasteiger partial charge in [0.25, 0.3) is 0 Å². The molecule has 0 unspecified atom stereocenters. The molecule has 41 heavy (non-hydrogen) atoms. The molecule has 1 fully saturated rings. The van der Waals surface area contributed by atoms with Crippen molar-refractivity contribution >= 4 is 34.4 Å². The second-order valence-electron chi connectivity index (χ2n) is 10.1. The van der Waals surface area contributed by atoms with Crippen LogP contribution in [0, 0.1) is 0 Å². The minimum absolute atomic E-state index is 0.238. The smallest absolute Gasteiger partial charge is 0.343 e. The fraction of sp³-hybridized carbons (Fsp3) is 0.290. The molecule has 212 valence electrons. The van der Waals surface area contributed by atoms with Crippen molar-refractivity contribution in [3.63, 3.8) is 0 Å². The van der Waals surface area contributed by atoms with Crippen LogP contribution in [0.25, 0.3) is 22.0 Å². The topological polar surface area (TPSA) is 134 Å². The zero-order valence-electron chi connectivity index (χ0n) is 23.0. The molecule has 1 saturated heterocycles. The Labute approximate surface area is 238 Å². The molecule has 0 radical (unpaired) electrons. The number of aromatic nitrogens is 2. The van der Waals surface area contributed by atoms with Crippen molar-refractivity contribution in [3.05, 3.63) is 88.3 Å². The molecule has 5 rings (SSSR count). The highest BCUT2D eigenvalue weighted by Gasteiger charge is 2.23. The average molecular weight is 555 g/mol. The van der Waals surface area contributed by atoms with Crippen molar-refractivity contribution in [1.29, 1.82) is 0 Å². The Hall–Kier alpha value is -4.70. The molecule has 1 aliphatic rings. The SMILES string of the molecule is CCn1c(NCCN2CCCC2)c(C(=O)O)c(=O)c2ccc(-c3ccc(N(Cc4cccnc4)C(N)=O)cc3)cc21. The van der Waals surface area contributed by atoms with Gasteiger partial charge in [-0.1, -0.05) is 24.3 Å². The number of aryl methyl sites for hydroxylation is 1. The number of urea groups is 1. The van der Waals surface area contributed by atoms with Crippen LogP contribution in [0.4, 0.5) is 16.3 Å². The summed E-state index contributed by atoms with van der Waals surface area (Å²) in [6.07, 6.45) is 5.71. The summed E-state index contributed by atoms with van der Waals surface area (Å²) in [7, 11) is 0. The number of nitrogens with one attached hydrogen (secondary N) is 1. The quantitative estimate of drug-likeness (QED) is 0.265. The van der Waals surface area contributed by atoms with Crippen LogP contribution in [-0.2, 0) is 13.1 Å². The Morgan fingerprint density at radius 2 is 1.80 bits per heavy atom. The fourth-order valence-electron chi connectivity index (χ4n) is 5.48. The molecule has 10 heteroatoms. The Morgan fingerprint density at radius 1 is 1.07 bits per heavy atom. The number of nitrogens with two attached hydrogens (primary N) is 1. The summed E-state index contributed by atoms with van der Waals surface area (Å²) < 4.78 is 1.87. The first-order chi connectivity index (χ1) is 19.9. The lowest BCUT2D eigenvalue weighted by Gasteiger charge is -2.22. The summed E-state index contributed by atoms with van der Waals surface area (Å²) >= 11 is 0. The monoisotopic (exact) mass is 554 g/mol. The van der Waals surface area contributed by atoms with E-state index in [1.807, 2.05) is 54.0 Å². The van der Waals surface area contributed by atoms with Crippen molar-refractivity contribution in [1.82, 2.24) is 14.5 Å². The number of carbonyl (C=O) groups is 2. The summed E-state index contributed by atoms with van der Waals surface area (Å²) in [4.78, 5) is 45.7. The number of rotatable bonds is 10. The van der Waals surface area contributed by atoms with E-state index < -0.39 is 17.4 Å². The first kappa shape index (κ1) is 27.9. The maximum atomic E-state index is 13.4. The van der Waals surface area contributed by atoms with Crippen LogP contribution in [0.2, 0.25) is 0 Å². The van der Waals surface area contributed by atoms with E-state index in [1.165, 1.54) is 17.7 Å². The molecule has 2 aromatic carbocycles. The van der Waals surface area contributed by atoms with Crippen LogP contribution in [0.15, 0.2) is 71.8 Å². The van der Waals surface area contributed by atoms with E-state index in [0.717, 1.165) is 36.3 Å². The molecule has 0 atom stereocenters. The lowest BCUT2D eigenvalue weighted by Crippen LogP contribution is -2.35. The molecule has 1 aliphatic heterocycles. The summed E-state index contributed by atoms with van der Waals surface area (Å²) in [6, 6.07) is 16.0. The number of carboxylic acids is 1. The van der Waals surface area contributed by atoms with Gasteiger partial charge in [-0.25, -0.2) is 9.59 Å². The van der Waals surface area contributed by atoms with Gasteiger partial charge in [-0.2, -0.15) is 0 Å². The number of hydrogen-bond donors (Lipinski definition) is 3. The lowest BCUT2D eigenvalue weighted by molar-refractivity contribution is 0.0696. The van der Waals surface area contributed by atoms with Gasteiger partial charge in [-0.05, 0) is 79.9 Å². The minimum atomic E-state index is -1.24. The number of likely N-dealkylation sites (tertiary alicyclic amines) is 1. The molecule has 0 aliphatic carbocycles. The van der Waals surface area contributed by atoms with Gasteiger partial charge in [0.2, 0.25) is 5.43 Å². The number of primary amides is 1. The summed E-state index contributed by atoms with van der Waals surface area (Å²) in [5.74, 6) is -0.913. The largest absolute Gasteiger partial charge is 0.477 e. The molecular weight excluding hydrogens is 520 g/mol. The fourth-order valence-corrected chi connectivity index (χ4v) is 5.48. The van der Waals surface area contributed by atoms with Crippen LogP contribution < -0.4 is 21.4 Å². The van der Waals surface area contributed by atoms with Crippen LogP contribution in [-0.4, -0.2) is 57.7 Å². The summed E-state index contributed by atoms with van der Waals surface area (Å²) in [5, 5.41) is 13.6. The number of fused-ring (bicyclic) bond motifs is 1. The van der Waals surface area contributed by atoms with E-state index in [0.29, 0.717) is 42.0 Å². The Bertz CT molecular complexity index is 1610. The second-order valence-corrected chi connectivity index (χ2v) is 10.1. The molecule has 0 bridgehead atoms. The van der Waals surface area contributed by atoms with Crippen LogP contribution >= 0.6 is 0 Å². The maximum absolute atomic E-state index is 13.4. The molecule has 10 nitrogen and oxygen atoms in total. The Balaban J connectivity index is 1.48. The standard InChI is InChI=1S/C31H34N6O4/c1-2-36-26-18-23(22-7-10-24(11-8-22)37(31(32)41)20-21-6-5-13-33-19-21)9-12-25(26)28(38)27(30(39)40)29(36)34-14-17-35-15-3-4-16-35/h5-13,18-19,34H,2-4,14-17,20H2,1H3,(H2,32,41)(H,39,40). The lowest BCUT2D eigenvalue weighted by atomic mass is 10.0. The van der Waals surface area contributed by atoms with Gasteiger partial charge >= 0.3 is 12.0 Å². The highest BCUT2D eigenvalue weighted by molar-refractivity contribution is 5.99. The van der Waals surface area contributed by atoms with E-state index in [4.69, 9.17) is 5.73 Å². The van der Waals surface area contributed by atoms with Crippen molar-refractivity contribution in [2.24, 2.45) is 5.73 Å².